The van der Waals surface area contributed by atoms with Crippen molar-refractivity contribution in [1.82, 2.24) is 5.32 Å². The van der Waals surface area contributed by atoms with Crippen molar-refractivity contribution in [1.29, 1.82) is 0 Å². The minimum absolute atomic E-state index is 0. The minimum Gasteiger partial charge on any atom is -0.454 e. The maximum Gasteiger partial charge on any atom is 0.231 e. The van der Waals surface area contributed by atoms with Gasteiger partial charge < -0.3 is 19.9 Å². The van der Waals surface area contributed by atoms with Crippen LogP contribution in [0.2, 0.25) is 0 Å². The van der Waals surface area contributed by atoms with Crippen molar-refractivity contribution in [2.75, 3.05) is 13.8 Å². The molecule has 0 aromatic heterocycles. The predicted molar refractivity (Wildman–Crippen MR) is 63.3 cm³/mol. The van der Waals surface area contributed by atoms with Crippen molar-refractivity contribution in [3.05, 3.63) is 23.8 Å². The molecule has 1 aliphatic rings. The van der Waals surface area contributed by atoms with Gasteiger partial charge in [0, 0.05) is 6.04 Å². The SMILES string of the molecule is CNC(C)C(O)c1ccc2c(c1)OCO2.Cl. The number of fused-ring (bicyclic) bond motifs is 1. The first-order chi connectivity index (χ1) is 7.22. The van der Waals surface area contributed by atoms with Crippen molar-refractivity contribution in [3.63, 3.8) is 0 Å². The predicted octanol–water partition coefficient (Wildman–Crippen LogP) is 1.48. The fourth-order valence-electron chi connectivity index (χ4n) is 1.54. The third-order valence-corrected chi connectivity index (χ3v) is 2.67. The van der Waals surface area contributed by atoms with Gasteiger partial charge in [-0.15, -0.1) is 12.4 Å². The molecule has 4 nitrogen and oxygen atoms in total. The number of likely N-dealkylation sites (N-methyl/N-ethyl adjacent to an activating group) is 1. The minimum atomic E-state index is -0.538. The Kier molecular flexibility index (Phi) is 4.41. The molecule has 2 unspecified atom stereocenters. The normalized spacial score (nSPS) is 16.4. The van der Waals surface area contributed by atoms with Crippen LogP contribution in [0.25, 0.3) is 0 Å². The number of rotatable bonds is 3. The molecule has 0 saturated heterocycles. The van der Waals surface area contributed by atoms with Crippen LogP contribution in [0, 0.1) is 0 Å². The first-order valence-corrected chi connectivity index (χ1v) is 4.97. The van der Waals surface area contributed by atoms with E-state index in [1.165, 1.54) is 0 Å². The summed E-state index contributed by atoms with van der Waals surface area (Å²) in [4.78, 5) is 0. The van der Waals surface area contributed by atoms with Crippen molar-refractivity contribution in [2.45, 2.75) is 19.1 Å². The van der Waals surface area contributed by atoms with Gasteiger partial charge in [0.1, 0.15) is 0 Å². The summed E-state index contributed by atoms with van der Waals surface area (Å²) in [6.07, 6.45) is -0.538. The third-order valence-electron chi connectivity index (χ3n) is 2.67. The van der Waals surface area contributed by atoms with Gasteiger partial charge in [-0.2, -0.15) is 0 Å². The van der Waals surface area contributed by atoms with Crippen LogP contribution < -0.4 is 14.8 Å². The fraction of sp³-hybridized carbons (Fsp3) is 0.455. The van der Waals surface area contributed by atoms with E-state index in [-0.39, 0.29) is 25.2 Å². The molecule has 1 aromatic carbocycles. The van der Waals surface area contributed by atoms with Crippen LogP contribution in [0.4, 0.5) is 0 Å². The molecule has 2 atom stereocenters. The van der Waals surface area contributed by atoms with Gasteiger partial charge in [-0.25, -0.2) is 0 Å². The zero-order chi connectivity index (χ0) is 10.8. The van der Waals surface area contributed by atoms with Gasteiger partial charge in [0.05, 0.1) is 6.10 Å². The molecule has 0 fully saturated rings. The average molecular weight is 246 g/mol. The summed E-state index contributed by atoms with van der Waals surface area (Å²) in [5, 5.41) is 13.0. The maximum absolute atomic E-state index is 9.96. The molecule has 1 aliphatic heterocycles. The van der Waals surface area contributed by atoms with Gasteiger partial charge in [0.15, 0.2) is 11.5 Å². The number of aliphatic hydroxyl groups excluding tert-OH is 1. The lowest BCUT2D eigenvalue weighted by atomic mass is 10.0. The molecule has 90 valence electrons. The summed E-state index contributed by atoms with van der Waals surface area (Å²) in [7, 11) is 1.82. The van der Waals surface area contributed by atoms with Crippen LogP contribution in [0.15, 0.2) is 18.2 Å². The van der Waals surface area contributed by atoms with Gasteiger partial charge in [0.2, 0.25) is 6.79 Å². The highest BCUT2D eigenvalue weighted by molar-refractivity contribution is 5.85. The first kappa shape index (κ1) is 13.1. The van der Waals surface area contributed by atoms with E-state index in [0.29, 0.717) is 5.75 Å². The lowest BCUT2D eigenvalue weighted by Gasteiger charge is -2.18. The second-order valence-electron chi connectivity index (χ2n) is 3.63. The molecule has 0 amide bonds. The van der Waals surface area contributed by atoms with Crippen molar-refractivity contribution in [2.24, 2.45) is 0 Å². The third kappa shape index (κ3) is 2.40. The van der Waals surface area contributed by atoms with Crippen LogP contribution in [0.1, 0.15) is 18.6 Å². The smallest absolute Gasteiger partial charge is 0.231 e. The highest BCUT2D eigenvalue weighted by Crippen LogP contribution is 2.34. The topological polar surface area (TPSA) is 50.7 Å². The standard InChI is InChI=1S/C11H15NO3.ClH/c1-7(12-2)11(13)8-3-4-9-10(5-8)15-6-14-9;/h3-5,7,11-13H,6H2,1-2H3;1H. The average Bonchev–Trinajstić information content (AvgIpc) is 2.73. The van der Waals surface area contributed by atoms with Crippen molar-refractivity contribution in [3.8, 4) is 11.5 Å². The number of hydrogen-bond donors (Lipinski definition) is 2. The second-order valence-corrected chi connectivity index (χ2v) is 3.63. The summed E-state index contributed by atoms with van der Waals surface area (Å²) in [6, 6.07) is 5.50. The number of halogens is 1. The summed E-state index contributed by atoms with van der Waals surface area (Å²) >= 11 is 0. The van der Waals surface area contributed by atoms with E-state index in [0.717, 1.165) is 11.3 Å². The van der Waals surface area contributed by atoms with Crippen molar-refractivity contribution < 1.29 is 14.6 Å². The van der Waals surface area contributed by atoms with E-state index >= 15 is 0 Å². The molecule has 0 spiro atoms. The van der Waals surface area contributed by atoms with E-state index in [1.807, 2.05) is 32.2 Å². The largest absolute Gasteiger partial charge is 0.454 e. The van der Waals surface area contributed by atoms with Gasteiger partial charge in [-0.3, -0.25) is 0 Å². The molecular formula is C11H16ClNO3. The Morgan fingerprint density at radius 3 is 2.69 bits per heavy atom. The van der Waals surface area contributed by atoms with Crippen LogP contribution in [-0.2, 0) is 0 Å². The number of hydrogen-bond acceptors (Lipinski definition) is 4. The second kappa shape index (κ2) is 5.39. The van der Waals surface area contributed by atoms with E-state index in [4.69, 9.17) is 9.47 Å². The Morgan fingerprint density at radius 2 is 2.00 bits per heavy atom. The molecule has 2 N–H and O–H groups in total. The van der Waals surface area contributed by atoms with E-state index in [2.05, 4.69) is 5.32 Å². The lowest BCUT2D eigenvalue weighted by molar-refractivity contribution is 0.139. The van der Waals surface area contributed by atoms with Gasteiger partial charge in [-0.05, 0) is 31.7 Å². The van der Waals surface area contributed by atoms with Crippen LogP contribution >= 0.6 is 12.4 Å². The van der Waals surface area contributed by atoms with Gasteiger partial charge in [-0.1, -0.05) is 6.07 Å². The lowest BCUT2D eigenvalue weighted by Crippen LogP contribution is -2.28. The summed E-state index contributed by atoms with van der Waals surface area (Å²) in [5.41, 5.74) is 0.834. The summed E-state index contributed by atoms with van der Waals surface area (Å²) in [6.45, 7) is 2.19. The summed E-state index contributed by atoms with van der Waals surface area (Å²) < 4.78 is 10.4. The molecular weight excluding hydrogens is 230 g/mol. The molecule has 2 rings (SSSR count). The fourth-order valence-corrected chi connectivity index (χ4v) is 1.54. The van der Waals surface area contributed by atoms with E-state index in [1.54, 1.807) is 0 Å². The molecule has 1 heterocycles. The molecule has 0 radical (unpaired) electrons. The Labute approximate surface area is 101 Å². The molecule has 1 aromatic rings. The van der Waals surface area contributed by atoms with Crippen LogP contribution in [0.5, 0.6) is 11.5 Å². The van der Waals surface area contributed by atoms with Gasteiger partial charge in [0.25, 0.3) is 0 Å². The molecule has 0 saturated carbocycles. The molecule has 5 heteroatoms. The maximum atomic E-state index is 9.96. The highest BCUT2D eigenvalue weighted by Gasteiger charge is 2.19. The quantitative estimate of drug-likeness (QED) is 0.847. The first-order valence-electron chi connectivity index (χ1n) is 4.97. The Morgan fingerprint density at radius 1 is 1.31 bits per heavy atom. The number of benzene rings is 1. The van der Waals surface area contributed by atoms with Crippen LogP contribution in [0.3, 0.4) is 0 Å². The molecule has 0 aliphatic carbocycles. The number of aliphatic hydroxyl groups is 1. The molecule has 0 bridgehead atoms. The van der Waals surface area contributed by atoms with E-state index in [9.17, 15) is 5.11 Å². The van der Waals surface area contributed by atoms with E-state index < -0.39 is 6.10 Å². The Balaban J connectivity index is 0.00000128. The molecule has 16 heavy (non-hydrogen) atoms. The monoisotopic (exact) mass is 245 g/mol. The Bertz CT molecular complexity index is 359. The van der Waals surface area contributed by atoms with Gasteiger partial charge >= 0.3 is 0 Å². The van der Waals surface area contributed by atoms with Crippen LogP contribution in [-0.4, -0.2) is 25.0 Å². The Hall–Kier alpha value is -0.970. The summed E-state index contributed by atoms with van der Waals surface area (Å²) in [5.74, 6) is 1.44. The number of ether oxygens (including phenoxy) is 2. The van der Waals surface area contributed by atoms with Crippen molar-refractivity contribution >= 4 is 12.4 Å². The number of nitrogens with one attached hydrogen (secondary N) is 1. The zero-order valence-electron chi connectivity index (χ0n) is 9.27. The highest BCUT2D eigenvalue weighted by atomic mass is 35.5. The zero-order valence-corrected chi connectivity index (χ0v) is 10.1.